The first kappa shape index (κ1) is 27.0. The fraction of sp³-hybridized carbons (Fsp3) is 0.458. The molecule has 2 aromatic carbocycles. The van der Waals surface area contributed by atoms with Crippen LogP contribution in [0.1, 0.15) is 44.1 Å². The number of carboxylic acids is 1. The Bertz CT molecular complexity index is 1360. The summed E-state index contributed by atoms with van der Waals surface area (Å²) in [5.74, 6) is -3.64. The Kier molecular flexibility index (Phi) is 7.49. The molecule has 0 spiro atoms. The van der Waals surface area contributed by atoms with Crippen LogP contribution < -0.4 is 0 Å². The first-order chi connectivity index (χ1) is 16.9. The van der Waals surface area contributed by atoms with Crippen LogP contribution in [0.15, 0.2) is 47.4 Å². The quantitative estimate of drug-likeness (QED) is 0.538. The third-order valence-electron chi connectivity index (χ3n) is 7.26. The number of rotatable bonds is 7. The van der Waals surface area contributed by atoms with Gasteiger partial charge in [-0.15, -0.1) is 0 Å². The molecule has 1 aliphatic heterocycles. The number of nitrogens with zero attached hydrogens (tertiary/aromatic N) is 1. The highest BCUT2D eigenvalue weighted by molar-refractivity contribution is 7.92. The fourth-order valence-electron chi connectivity index (χ4n) is 5.39. The third kappa shape index (κ3) is 4.90. The third-order valence-corrected chi connectivity index (χ3v) is 12.1. The monoisotopic (exact) mass is 561 g/mol. The zero-order valence-electron chi connectivity index (χ0n) is 19.2. The lowest BCUT2D eigenvalue weighted by Crippen LogP contribution is -2.45. The predicted octanol–water partition coefficient (Wildman–Crippen LogP) is 4.36. The minimum atomic E-state index is -4.24. The van der Waals surface area contributed by atoms with Crippen LogP contribution in [-0.2, 0) is 29.4 Å². The van der Waals surface area contributed by atoms with Gasteiger partial charge < -0.3 is 5.11 Å². The lowest BCUT2D eigenvalue weighted by molar-refractivity contribution is -0.140. The van der Waals surface area contributed by atoms with E-state index in [2.05, 4.69) is 0 Å². The van der Waals surface area contributed by atoms with Crippen molar-refractivity contribution in [3.8, 4) is 0 Å². The zero-order valence-corrected chi connectivity index (χ0v) is 21.6. The largest absolute Gasteiger partial charge is 0.480 e. The van der Waals surface area contributed by atoms with Gasteiger partial charge >= 0.3 is 5.97 Å². The second-order valence-corrected chi connectivity index (χ2v) is 14.1. The maximum atomic E-state index is 15.0. The molecule has 196 valence electrons. The Morgan fingerprint density at radius 1 is 1.03 bits per heavy atom. The van der Waals surface area contributed by atoms with Gasteiger partial charge in [0, 0.05) is 17.1 Å². The van der Waals surface area contributed by atoms with Crippen molar-refractivity contribution in [2.24, 2.45) is 5.92 Å². The van der Waals surface area contributed by atoms with Gasteiger partial charge in [-0.3, -0.25) is 4.79 Å². The standard InChI is InChI=1S/C24H26ClF2NO6S2/c25-17-3-6-19(7-4-17)36(33,34)24(20-14-18(26)5-8-21(20)27)11-9-16(10-12-24)15-35(31,32)28-13-1-2-22(28)23(29)30/h3-8,14,16,22H,1-2,9-13,15H2,(H,29,30). The summed E-state index contributed by atoms with van der Waals surface area (Å²) in [6, 6.07) is 7.01. The van der Waals surface area contributed by atoms with Crippen molar-refractivity contribution in [3.63, 3.8) is 0 Å². The van der Waals surface area contributed by atoms with Gasteiger partial charge in [0.15, 0.2) is 9.84 Å². The number of aliphatic carboxylic acids is 1. The van der Waals surface area contributed by atoms with E-state index in [1.54, 1.807) is 0 Å². The summed E-state index contributed by atoms with van der Waals surface area (Å²) in [7, 11) is -8.15. The summed E-state index contributed by atoms with van der Waals surface area (Å²) in [4.78, 5) is 11.4. The minimum Gasteiger partial charge on any atom is -0.480 e. The van der Waals surface area contributed by atoms with Gasteiger partial charge in [0.25, 0.3) is 0 Å². The van der Waals surface area contributed by atoms with Crippen LogP contribution in [0.25, 0.3) is 0 Å². The van der Waals surface area contributed by atoms with Gasteiger partial charge in [-0.1, -0.05) is 11.6 Å². The lowest BCUT2D eigenvalue weighted by atomic mass is 9.78. The molecule has 2 aliphatic rings. The highest BCUT2D eigenvalue weighted by Crippen LogP contribution is 2.49. The maximum absolute atomic E-state index is 15.0. The SMILES string of the molecule is O=C(O)C1CCCN1S(=O)(=O)CC1CCC(c2cc(F)ccc2F)(S(=O)(=O)c2ccc(Cl)cc2)CC1. The van der Waals surface area contributed by atoms with Gasteiger partial charge in [-0.05, 0) is 86.9 Å². The second-order valence-electron chi connectivity index (χ2n) is 9.40. The second kappa shape index (κ2) is 10.00. The van der Waals surface area contributed by atoms with Crippen molar-refractivity contribution in [2.45, 2.75) is 54.2 Å². The highest BCUT2D eigenvalue weighted by atomic mass is 35.5. The van der Waals surface area contributed by atoms with Crippen molar-refractivity contribution in [3.05, 3.63) is 64.7 Å². The first-order valence-corrected chi connectivity index (χ1v) is 15.0. The molecule has 2 fully saturated rings. The molecular weight excluding hydrogens is 536 g/mol. The van der Waals surface area contributed by atoms with E-state index in [9.17, 15) is 35.5 Å². The van der Waals surface area contributed by atoms with Gasteiger partial charge in [0.05, 0.1) is 10.6 Å². The summed E-state index contributed by atoms with van der Waals surface area (Å²) in [5.41, 5.74) is -0.288. The predicted molar refractivity (Wildman–Crippen MR) is 130 cm³/mol. The van der Waals surface area contributed by atoms with Crippen LogP contribution in [0.3, 0.4) is 0 Å². The average Bonchev–Trinajstić information content (AvgIpc) is 3.33. The molecule has 0 amide bonds. The van der Waals surface area contributed by atoms with Crippen LogP contribution in [0, 0.1) is 17.6 Å². The van der Waals surface area contributed by atoms with E-state index in [4.69, 9.17) is 11.6 Å². The van der Waals surface area contributed by atoms with Crippen LogP contribution >= 0.6 is 11.6 Å². The Hall–Kier alpha value is -2.08. The zero-order chi connectivity index (χ0) is 26.3. The molecule has 1 saturated heterocycles. The van der Waals surface area contributed by atoms with Crippen LogP contribution in [-0.4, -0.2) is 50.6 Å². The van der Waals surface area contributed by atoms with E-state index < -0.39 is 54.2 Å². The summed E-state index contributed by atoms with van der Waals surface area (Å²) >= 11 is 5.91. The van der Waals surface area contributed by atoms with Crippen molar-refractivity contribution >= 4 is 37.4 Å². The van der Waals surface area contributed by atoms with E-state index in [0.717, 1.165) is 22.5 Å². The highest BCUT2D eigenvalue weighted by Gasteiger charge is 2.51. The van der Waals surface area contributed by atoms with E-state index in [1.165, 1.54) is 24.3 Å². The molecule has 0 bridgehead atoms. The molecule has 0 radical (unpaired) electrons. The Morgan fingerprint density at radius 3 is 2.28 bits per heavy atom. The number of hydrogen-bond donors (Lipinski definition) is 1. The minimum absolute atomic E-state index is 0.0944. The number of carboxylic acid groups (broad SMARTS) is 1. The maximum Gasteiger partial charge on any atom is 0.322 e. The Balaban J connectivity index is 1.66. The van der Waals surface area contributed by atoms with Crippen molar-refractivity contribution < 1.29 is 35.5 Å². The molecule has 1 heterocycles. The number of halogens is 3. The number of hydrogen-bond acceptors (Lipinski definition) is 5. The van der Waals surface area contributed by atoms with Crippen molar-refractivity contribution in [1.29, 1.82) is 0 Å². The summed E-state index contributed by atoms with van der Waals surface area (Å²) in [6.45, 7) is 0.120. The average molecular weight is 562 g/mol. The molecule has 2 aromatic rings. The van der Waals surface area contributed by atoms with Crippen LogP contribution in [0.2, 0.25) is 5.02 Å². The van der Waals surface area contributed by atoms with E-state index >= 15 is 0 Å². The van der Waals surface area contributed by atoms with Crippen LogP contribution in [0.5, 0.6) is 0 Å². The molecule has 0 aromatic heterocycles. The number of benzene rings is 2. The first-order valence-electron chi connectivity index (χ1n) is 11.6. The summed E-state index contributed by atoms with van der Waals surface area (Å²) in [6.07, 6.45) is 0.672. The fourth-order valence-corrected chi connectivity index (χ4v) is 9.79. The molecule has 1 atom stereocenters. The molecule has 7 nitrogen and oxygen atoms in total. The topological polar surface area (TPSA) is 109 Å². The van der Waals surface area contributed by atoms with Gasteiger partial charge in [0.2, 0.25) is 10.0 Å². The smallest absolute Gasteiger partial charge is 0.322 e. The van der Waals surface area contributed by atoms with Crippen molar-refractivity contribution in [1.82, 2.24) is 4.31 Å². The van der Waals surface area contributed by atoms with Crippen LogP contribution in [0.4, 0.5) is 8.78 Å². The van der Waals surface area contributed by atoms with E-state index in [-0.39, 0.29) is 54.9 Å². The normalized spacial score (nSPS) is 25.6. The molecular formula is C24H26ClF2NO6S2. The number of sulfonamides is 1. The summed E-state index contributed by atoms with van der Waals surface area (Å²) < 4.78 is 82.2. The van der Waals surface area contributed by atoms with Gasteiger partial charge in [-0.2, -0.15) is 4.31 Å². The number of carbonyl (C=O) groups is 1. The Morgan fingerprint density at radius 2 is 1.67 bits per heavy atom. The molecule has 36 heavy (non-hydrogen) atoms. The van der Waals surface area contributed by atoms with Gasteiger partial charge in [0.1, 0.15) is 22.4 Å². The molecule has 1 N–H and O–H groups in total. The Labute approximate surface area is 214 Å². The van der Waals surface area contributed by atoms with E-state index in [0.29, 0.717) is 11.4 Å². The van der Waals surface area contributed by atoms with E-state index in [1.807, 2.05) is 0 Å². The van der Waals surface area contributed by atoms with Crippen molar-refractivity contribution in [2.75, 3.05) is 12.3 Å². The van der Waals surface area contributed by atoms with Gasteiger partial charge in [-0.25, -0.2) is 25.6 Å². The molecule has 1 unspecified atom stereocenters. The molecule has 4 rings (SSSR count). The molecule has 1 saturated carbocycles. The molecule has 12 heteroatoms. The number of sulfone groups is 1. The summed E-state index contributed by atoms with van der Waals surface area (Å²) in [5, 5.41) is 9.68. The molecule has 1 aliphatic carbocycles. The lowest BCUT2D eigenvalue weighted by Gasteiger charge is -2.40.